The van der Waals surface area contributed by atoms with Gasteiger partial charge in [-0.05, 0) is 43.3 Å². The van der Waals surface area contributed by atoms with E-state index in [0.29, 0.717) is 22.7 Å². The van der Waals surface area contributed by atoms with Gasteiger partial charge in [0.05, 0.1) is 5.69 Å². The van der Waals surface area contributed by atoms with Gasteiger partial charge in [-0.2, -0.15) is 0 Å². The molecule has 0 aromatic heterocycles. The van der Waals surface area contributed by atoms with Crippen LogP contribution < -0.4 is 21.1 Å². The standard InChI is InChI=1S/C17H15N3O4/c1-9-16(22)20-13-8-12(5-6-14(13)24-9)19-17(23)11-4-2-3-10(7-11)15(18)21/h2-9H,1H3,(H2,18,21)(H,19,23)(H,20,22)/t9-/m1/s1. The number of fused-ring (bicyclic) bond motifs is 1. The molecule has 4 N–H and O–H groups in total. The van der Waals surface area contributed by atoms with Crippen LogP contribution in [0.15, 0.2) is 42.5 Å². The number of carbonyl (C=O) groups excluding carboxylic acids is 3. The van der Waals surface area contributed by atoms with Gasteiger partial charge in [0, 0.05) is 16.8 Å². The summed E-state index contributed by atoms with van der Waals surface area (Å²) in [5.41, 5.74) is 6.74. The second kappa shape index (κ2) is 6.04. The number of carbonyl (C=O) groups is 3. The SMILES string of the molecule is C[C@H]1Oc2ccc(NC(=O)c3cccc(C(N)=O)c3)cc2NC1=O. The molecule has 0 radical (unpaired) electrons. The number of benzene rings is 2. The zero-order valence-electron chi connectivity index (χ0n) is 12.8. The number of ether oxygens (including phenoxy) is 1. The third kappa shape index (κ3) is 3.05. The molecule has 0 unspecified atom stereocenters. The normalized spacial score (nSPS) is 15.7. The van der Waals surface area contributed by atoms with E-state index >= 15 is 0 Å². The highest BCUT2D eigenvalue weighted by atomic mass is 16.5. The molecule has 24 heavy (non-hydrogen) atoms. The number of nitrogens with two attached hydrogens (primary N) is 1. The van der Waals surface area contributed by atoms with Crippen LogP contribution >= 0.6 is 0 Å². The van der Waals surface area contributed by atoms with Crippen LogP contribution in [-0.2, 0) is 4.79 Å². The van der Waals surface area contributed by atoms with Gasteiger partial charge in [0.15, 0.2) is 6.10 Å². The molecule has 122 valence electrons. The summed E-state index contributed by atoms with van der Waals surface area (Å²) in [6, 6.07) is 11.0. The molecule has 2 aromatic carbocycles. The van der Waals surface area contributed by atoms with Gasteiger partial charge in [-0.25, -0.2) is 0 Å². The number of rotatable bonds is 3. The van der Waals surface area contributed by atoms with Crippen LogP contribution in [0.25, 0.3) is 0 Å². The Hall–Kier alpha value is -3.35. The first kappa shape index (κ1) is 15.5. The fourth-order valence-electron chi connectivity index (χ4n) is 2.30. The minimum absolute atomic E-state index is 0.250. The van der Waals surface area contributed by atoms with E-state index in [0.717, 1.165) is 0 Å². The Morgan fingerprint density at radius 2 is 1.92 bits per heavy atom. The number of anilines is 2. The van der Waals surface area contributed by atoms with E-state index in [1.165, 1.54) is 12.1 Å². The summed E-state index contributed by atoms with van der Waals surface area (Å²) in [6.07, 6.45) is -0.561. The maximum atomic E-state index is 12.3. The Labute approximate surface area is 137 Å². The van der Waals surface area contributed by atoms with E-state index in [1.807, 2.05) is 0 Å². The molecular weight excluding hydrogens is 310 g/mol. The van der Waals surface area contributed by atoms with Crippen molar-refractivity contribution in [2.45, 2.75) is 13.0 Å². The zero-order chi connectivity index (χ0) is 17.3. The van der Waals surface area contributed by atoms with Gasteiger partial charge in [0.25, 0.3) is 11.8 Å². The Morgan fingerprint density at radius 3 is 2.67 bits per heavy atom. The Kier molecular flexibility index (Phi) is 3.91. The second-order valence-electron chi connectivity index (χ2n) is 5.36. The van der Waals surface area contributed by atoms with E-state index in [-0.39, 0.29) is 11.5 Å². The summed E-state index contributed by atoms with van der Waals surface area (Å²) in [7, 11) is 0. The van der Waals surface area contributed by atoms with Crippen molar-refractivity contribution >= 4 is 29.1 Å². The first-order valence-electron chi connectivity index (χ1n) is 7.27. The summed E-state index contributed by atoms with van der Waals surface area (Å²) >= 11 is 0. The number of hydrogen-bond acceptors (Lipinski definition) is 4. The van der Waals surface area contributed by atoms with Gasteiger partial charge in [0.2, 0.25) is 5.91 Å². The molecule has 1 aliphatic rings. The molecule has 1 aliphatic heterocycles. The third-order valence-corrected chi connectivity index (χ3v) is 3.58. The van der Waals surface area contributed by atoms with Crippen LogP contribution in [0.4, 0.5) is 11.4 Å². The zero-order valence-corrected chi connectivity index (χ0v) is 12.8. The molecule has 0 saturated heterocycles. The Bertz CT molecular complexity index is 847. The molecule has 2 aromatic rings. The largest absolute Gasteiger partial charge is 0.479 e. The van der Waals surface area contributed by atoms with Crippen LogP contribution in [0.1, 0.15) is 27.6 Å². The van der Waals surface area contributed by atoms with Gasteiger partial charge in [-0.3, -0.25) is 14.4 Å². The van der Waals surface area contributed by atoms with Gasteiger partial charge in [-0.15, -0.1) is 0 Å². The number of nitrogens with one attached hydrogen (secondary N) is 2. The quantitative estimate of drug-likeness (QED) is 0.798. The van der Waals surface area contributed by atoms with Crippen molar-refractivity contribution in [3.8, 4) is 5.75 Å². The lowest BCUT2D eigenvalue weighted by Gasteiger charge is -2.23. The third-order valence-electron chi connectivity index (χ3n) is 3.58. The van der Waals surface area contributed by atoms with E-state index < -0.39 is 17.9 Å². The molecular formula is C17H15N3O4. The van der Waals surface area contributed by atoms with E-state index in [9.17, 15) is 14.4 Å². The summed E-state index contributed by atoms with van der Waals surface area (Å²) in [4.78, 5) is 35.1. The topological polar surface area (TPSA) is 111 Å². The predicted octanol–water partition coefficient (Wildman–Crippen LogP) is 1.76. The maximum absolute atomic E-state index is 12.3. The lowest BCUT2D eigenvalue weighted by atomic mass is 10.1. The fourth-order valence-corrected chi connectivity index (χ4v) is 2.30. The highest BCUT2D eigenvalue weighted by Gasteiger charge is 2.23. The molecule has 1 heterocycles. The Balaban J connectivity index is 1.80. The van der Waals surface area contributed by atoms with Crippen molar-refractivity contribution < 1.29 is 19.1 Å². The summed E-state index contributed by atoms with van der Waals surface area (Å²) in [6.45, 7) is 1.65. The predicted molar refractivity (Wildman–Crippen MR) is 88.1 cm³/mol. The van der Waals surface area contributed by atoms with E-state index in [4.69, 9.17) is 10.5 Å². The van der Waals surface area contributed by atoms with Crippen molar-refractivity contribution in [3.63, 3.8) is 0 Å². The average molecular weight is 325 g/mol. The molecule has 0 fully saturated rings. The molecule has 1 atom stereocenters. The molecule has 0 bridgehead atoms. The Morgan fingerprint density at radius 1 is 1.17 bits per heavy atom. The fraction of sp³-hybridized carbons (Fsp3) is 0.118. The molecule has 7 nitrogen and oxygen atoms in total. The van der Waals surface area contributed by atoms with Crippen LogP contribution in [0, 0.1) is 0 Å². The van der Waals surface area contributed by atoms with Crippen LogP contribution in [0.3, 0.4) is 0 Å². The smallest absolute Gasteiger partial charge is 0.265 e. The van der Waals surface area contributed by atoms with E-state index in [2.05, 4.69) is 10.6 Å². The van der Waals surface area contributed by atoms with Gasteiger partial charge in [-0.1, -0.05) is 6.07 Å². The maximum Gasteiger partial charge on any atom is 0.265 e. The monoisotopic (exact) mass is 325 g/mol. The van der Waals surface area contributed by atoms with E-state index in [1.54, 1.807) is 37.3 Å². The first-order chi connectivity index (χ1) is 11.4. The molecule has 3 rings (SSSR count). The minimum atomic E-state index is -0.604. The second-order valence-corrected chi connectivity index (χ2v) is 5.36. The average Bonchev–Trinajstić information content (AvgIpc) is 2.56. The summed E-state index contributed by atoms with van der Waals surface area (Å²) < 4.78 is 5.45. The van der Waals surface area contributed by atoms with Gasteiger partial charge in [0.1, 0.15) is 5.75 Å². The van der Waals surface area contributed by atoms with Crippen LogP contribution in [0.5, 0.6) is 5.75 Å². The van der Waals surface area contributed by atoms with Gasteiger partial charge < -0.3 is 21.1 Å². The number of amides is 3. The summed E-state index contributed by atoms with van der Waals surface area (Å²) in [5.74, 6) is -0.710. The van der Waals surface area contributed by atoms with Gasteiger partial charge >= 0.3 is 0 Å². The molecule has 0 saturated carbocycles. The van der Waals surface area contributed by atoms with Crippen molar-refractivity contribution in [3.05, 3.63) is 53.6 Å². The number of hydrogen-bond donors (Lipinski definition) is 3. The van der Waals surface area contributed by atoms with Crippen molar-refractivity contribution in [2.24, 2.45) is 5.73 Å². The lowest BCUT2D eigenvalue weighted by molar-refractivity contribution is -0.122. The molecule has 3 amide bonds. The van der Waals surface area contributed by atoms with Crippen molar-refractivity contribution in [2.75, 3.05) is 10.6 Å². The lowest BCUT2D eigenvalue weighted by Crippen LogP contribution is -2.34. The summed E-state index contributed by atoms with van der Waals surface area (Å²) in [5, 5.41) is 5.41. The highest BCUT2D eigenvalue weighted by molar-refractivity contribution is 6.06. The van der Waals surface area contributed by atoms with Crippen LogP contribution in [-0.4, -0.2) is 23.8 Å². The molecule has 0 spiro atoms. The van der Waals surface area contributed by atoms with Crippen LogP contribution in [0.2, 0.25) is 0 Å². The van der Waals surface area contributed by atoms with Crippen molar-refractivity contribution in [1.82, 2.24) is 0 Å². The van der Waals surface area contributed by atoms with Crippen molar-refractivity contribution in [1.29, 1.82) is 0 Å². The highest BCUT2D eigenvalue weighted by Crippen LogP contribution is 2.32. The molecule has 7 heteroatoms. The first-order valence-corrected chi connectivity index (χ1v) is 7.27. The molecule has 0 aliphatic carbocycles. The minimum Gasteiger partial charge on any atom is -0.479 e. The number of primary amides is 1.